The second-order valence-corrected chi connectivity index (χ2v) is 13.2. The van der Waals surface area contributed by atoms with Crippen LogP contribution in [0.2, 0.25) is 0 Å². The van der Waals surface area contributed by atoms with Crippen LogP contribution in [0.4, 0.5) is 0 Å². The van der Waals surface area contributed by atoms with Gasteiger partial charge in [0.2, 0.25) is 0 Å². The fraction of sp³-hybridized carbons (Fsp3) is 0.312. The van der Waals surface area contributed by atoms with Crippen molar-refractivity contribution in [3.8, 4) is 28.5 Å². The summed E-state index contributed by atoms with van der Waals surface area (Å²) in [6.45, 7) is 6.40. The van der Waals surface area contributed by atoms with Crippen LogP contribution in [0.25, 0.3) is 11.3 Å². The van der Waals surface area contributed by atoms with Gasteiger partial charge in [-0.05, 0) is 67.6 Å². The standard InChI is InChI=1S/C32H33N3O6S/c1-4-40-26-16-22(10-11-25(26)41-17-21-8-6-5-7-9-21)30-27-28(24-15-19(2)14-20(3)31(24)36)33-34-29(27)32(37)35(30)23-12-13-42(38,39)18-23/h5-11,14-16,23,30,36H,4,12-13,17-18H2,1-3H3,(H,33,34). The molecule has 3 heterocycles. The second-order valence-electron chi connectivity index (χ2n) is 10.9. The summed E-state index contributed by atoms with van der Waals surface area (Å²) in [7, 11) is -3.27. The van der Waals surface area contributed by atoms with Crippen LogP contribution in [0.1, 0.15) is 57.7 Å². The minimum Gasteiger partial charge on any atom is -0.507 e. The number of phenolic OH excluding ortho intramolecular Hbond substituents is 1. The third-order valence-electron chi connectivity index (χ3n) is 7.93. The van der Waals surface area contributed by atoms with E-state index in [-0.39, 0.29) is 23.2 Å². The summed E-state index contributed by atoms with van der Waals surface area (Å²) in [4.78, 5) is 15.6. The summed E-state index contributed by atoms with van der Waals surface area (Å²) in [6, 6.07) is 17.9. The number of aryl methyl sites for hydroxylation is 2. The summed E-state index contributed by atoms with van der Waals surface area (Å²) in [5.74, 6) is 0.771. The van der Waals surface area contributed by atoms with Crippen molar-refractivity contribution in [3.05, 3.63) is 94.2 Å². The van der Waals surface area contributed by atoms with E-state index in [4.69, 9.17) is 9.47 Å². The van der Waals surface area contributed by atoms with Gasteiger partial charge in [-0.2, -0.15) is 5.10 Å². The second kappa shape index (κ2) is 10.8. The quantitative estimate of drug-likeness (QED) is 0.294. The zero-order valence-corrected chi connectivity index (χ0v) is 24.6. The molecule has 1 amide bonds. The SMILES string of the molecule is CCOc1cc(C2c3c(-c4cc(C)cc(C)c4O)n[nH]c3C(=O)N2C2CCS(=O)(=O)C2)ccc1OCc1ccccc1. The summed E-state index contributed by atoms with van der Waals surface area (Å²) in [6.07, 6.45) is 0.350. The zero-order valence-electron chi connectivity index (χ0n) is 23.8. The topological polar surface area (TPSA) is 122 Å². The van der Waals surface area contributed by atoms with Gasteiger partial charge >= 0.3 is 0 Å². The molecule has 0 spiro atoms. The molecule has 1 aromatic heterocycles. The molecule has 2 aliphatic heterocycles. The number of aromatic hydroxyl groups is 1. The van der Waals surface area contributed by atoms with Crippen LogP contribution in [0.5, 0.6) is 17.2 Å². The molecule has 0 aliphatic carbocycles. The smallest absolute Gasteiger partial charge is 0.273 e. The molecule has 10 heteroatoms. The fourth-order valence-electron chi connectivity index (χ4n) is 6.03. The molecule has 42 heavy (non-hydrogen) atoms. The van der Waals surface area contributed by atoms with Gasteiger partial charge in [-0.25, -0.2) is 8.42 Å². The Bertz CT molecular complexity index is 1770. The van der Waals surface area contributed by atoms with E-state index in [1.165, 1.54) is 0 Å². The van der Waals surface area contributed by atoms with E-state index in [0.717, 1.165) is 16.7 Å². The molecule has 2 atom stereocenters. The number of hydrogen-bond acceptors (Lipinski definition) is 7. The van der Waals surface area contributed by atoms with Gasteiger partial charge in [-0.3, -0.25) is 9.89 Å². The van der Waals surface area contributed by atoms with Crippen LogP contribution < -0.4 is 9.47 Å². The Morgan fingerprint density at radius 3 is 2.55 bits per heavy atom. The number of aromatic amines is 1. The highest BCUT2D eigenvalue weighted by Gasteiger charge is 2.48. The van der Waals surface area contributed by atoms with E-state index in [9.17, 15) is 18.3 Å². The molecule has 2 unspecified atom stereocenters. The van der Waals surface area contributed by atoms with Gasteiger partial charge in [-0.1, -0.05) is 42.5 Å². The highest BCUT2D eigenvalue weighted by atomic mass is 32.2. The van der Waals surface area contributed by atoms with Gasteiger partial charge in [0.05, 0.1) is 24.2 Å². The Kier molecular flexibility index (Phi) is 7.18. The first-order chi connectivity index (χ1) is 20.2. The molecule has 0 saturated carbocycles. The van der Waals surface area contributed by atoms with Crippen molar-refractivity contribution in [2.45, 2.75) is 45.9 Å². The molecule has 0 radical (unpaired) electrons. The first-order valence-corrected chi connectivity index (χ1v) is 15.8. The number of amides is 1. The van der Waals surface area contributed by atoms with E-state index < -0.39 is 21.9 Å². The number of sulfone groups is 1. The molecule has 9 nitrogen and oxygen atoms in total. The van der Waals surface area contributed by atoms with Crippen LogP contribution in [0, 0.1) is 13.8 Å². The third kappa shape index (κ3) is 5.00. The summed E-state index contributed by atoms with van der Waals surface area (Å²) in [5, 5.41) is 18.4. The Morgan fingerprint density at radius 2 is 1.83 bits per heavy atom. The number of benzene rings is 3. The highest BCUT2D eigenvalue weighted by molar-refractivity contribution is 7.91. The average molecular weight is 588 g/mol. The number of nitrogens with one attached hydrogen (secondary N) is 1. The number of phenols is 1. The number of carbonyl (C=O) groups excluding carboxylic acids is 1. The van der Waals surface area contributed by atoms with Crippen molar-refractivity contribution < 1.29 is 27.8 Å². The molecule has 1 saturated heterocycles. The van der Waals surface area contributed by atoms with Gasteiger partial charge < -0.3 is 19.5 Å². The number of H-pyrrole nitrogens is 1. The minimum atomic E-state index is -3.27. The van der Waals surface area contributed by atoms with Gasteiger partial charge in [-0.15, -0.1) is 0 Å². The van der Waals surface area contributed by atoms with Gasteiger partial charge in [0.15, 0.2) is 21.3 Å². The normalized spacial score (nSPS) is 19.2. The van der Waals surface area contributed by atoms with Crippen molar-refractivity contribution >= 4 is 15.7 Å². The Hall–Kier alpha value is -4.31. The summed E-state index contributed by atoms with van der Waals surface area (Å²) < 4.78 is 37.1. The average Bonchev–Trinajstić information content (AvgIpc) is 3.63. The Labute approximate surface area is 245 Å². The first-order valence-electron chi connectivity index (χ1n) is 14.0. The number of rotatable bonds is 8. The van der Waals surface area contributed by atoms with Gasteiger partial charge in [0, 0.05) is 17.2 Å². The van der Waals surface area contributed by atoms with Crippen LogP contribution in [0.15, 0.2) is 60.7 Å². The maximum atomic E-state index is 13.9. The molecule has 0 bridgehead atoms. The molecule has 3 aromatic carbocycles. The predicted molar refractivity (Wildman–Crippen MR) is 159 cm³/mol. The van der Waals surface area contributed by atoms with Crippen LogP contribution in [-0.4, -0.2) is 58.7 Å². The van der Waals surface area contributed by atoms with Gasteiger partial charge in [0.1, 0.15) is 23.7 Å². The monoisotopic (exact) mass is 587 g/mol. The molecule has 1 fully saturated rings. The number of nitrogens with zero attached hydrogens (tertiary/aromatic N) is 2. The number of aromatic nitrogens is 2. The first kappa shape index (κ1) is 27.8. The highest BCUT2D eigenvalue weighted by Crippen LogP contribution is 2.48. The van der Waals surface area contributed by atoms with E-state index in [1.807, 2.05) is 81.4 Å². The molecule has 2 aliphatic rings. The third-order valence-corrected chi connectivity index (χ3v) is 9.68. The molecular weight excluding hydrogens is 554 g/mol. The largest absolute Gasteiger partial charge is 0.507 e. The number of carbonyl (C=O) groups is 1. The van der Waals surface area contributed by atoms with E-state index in [0.29, 0.717) is 59.2 Å². The molecule has 6 rings (SSSR count). The Balaban J connectivity index is 1.47. The van der Waals surface area contributed by atoms with Crippen molar-refractivity contribution in [3.63, 3.8) is 0 Å². The summed E-state index contributed by atoms with van der Waals surface area (Å²) >= 11 is 0. The minimum absolute atomic E-state index is 0.0293. The van der Waals surface area contributed by atoms with E-state index in [2.05, 4.69) is 10.2 Å². The summed E-state index contributed by atoms with van der Waals surface area (Å²) in [5.41, 5.74) is 5.24. The number of fused-ring (bicyclic) bond motifs is 1. The Morgan fingerprint density at radius 1 is 1.05 bits per heavy atom. The molecule has 4 aromatic rings. The van der Waals surface area contributed by atoms with Crippen LogP contribution in [0.3, 0.4) is 0 Å². The maximum absolute atomic E-state index is 13.9. The van der Waals surface area contributed by atoms with Crippen molar-refractivity contribution in [1.82, 2.24) is 15.1 Å². The van der Waals surface area contributed by atoms with Crippen molar-refractivity contribution in [1.29, 1.82) is 0 Å². The molecule has 2 N–H and O–H groups in total. The van der Waals surface area contributed by atoms with Crippen LogP contribution in [-0.2, 0) is 16.4 Å². The van der Waals surface area contributed by atoms with Crippen molar-refractivity contribution in [2.24, 2.45) is 0 Å². The lowest BCUT2D eigenvalue weighted by Gasteiger charge is -2.31. The van der Waals surface area contributed by atoms with Crippen LogP contribution >= 0.6 is 0 Å². The molecule has 218 valence electrons. The van der Waals surface area contributed by atoms with E-state index >= 15 is 0 Å². The predicted octanol–water partition coefficient (Wildman–Crippen LogP) is 5.11. The van der Waals surface area contributed by atoms with Gasteiger partial charge in [0.25, 0.3) is 5.91 Å². The van der Waals surface area contributed by atoms with E-state index in [1.54, 1.807) is 4.90 Å². The number of ether oxygens (including phenoxy) is 2. The van der Waals surface area contributed by atoms with Crippen molar-refractivity contribution in [2.75, 3.05) is 18.1 Å². The zero-order chi connectivity index (χ0) is 29.6. The maximum Gasteiger partial charge on any atom is 0.273 e. The lowest BCUT2D eigenvalue weighted by atomic mass is 9.93. The molecular formula is C32H33N3O6S. The number of hydrogen-bond donors (Lipinski definition) is 2. The fourth-order valence-corrected chi connectivity index (χ4v) is 7.74. The lowest BCUT2D eigenvalue weighted by molar-refractivity contribution is 0.0677. The lowest BCUT2D eigenvalue weighted by Crippen LogP contribution is -2.40.